The Morgan fingerprint density at radius 3 is 3.08 bits per heavy atom. The zero-order chi connectivity index (χ0) is 18.0. The van der Waals surface area contributed by atoms with Crippen molar-refractivity contribution in [2.75, 3.05) is 46.7 Å². The average Bonchev–Trinajstić information content (AvgIpc) is 3.28. The van der Waals surface area contributed by atoms with E-state index in [1.165, 1.54) is 6.07 Å². The minimum Gasteiger partial charge on any atom is -0.467 e. The van der Waals surface area contributed by atoms with Crippen LogP contribution in [0.4, 0.5) is 4.39 Å². The maximum Gasteiger partial charge on any atom is 0.193 e. The number of fused-ring (bicyclic) bond motifs is 1. The van der Waals surface area contributed by atoms with Crippen LogP contribution in [-0.4, -0.2) is 57.5 Å². The van der Waals surface area contributed by atoms with Crippen LogP contribution < -0.4 is 10.1 Å². The molecule has 1 atom stereocenters. The molecule has 0 saturated carbocycles. The van der Waals surface area contributed by atoms with E-state index in [-0.39, 0.29) is 12.6 Å². The second kappa shape index (κ2) is 7.40. The Labute approximate surface area is 153 Å². The van der Waals surface area contributed by atoms with Gasteiger partial charge >= 0.3 is 0 Å². The summed E-state index contributed by atoms with van der Waals surface area (Å²) in [5.41, 5.74) is 1.94. The van der Waals surface area contributed by atoms with E-state index in [0.29, 0.717) is 25.0 Å². The molecule has 1 aromatic carbocycles. The van der Waals surface area contributed by atoms with E-state index in [1.807, 2.05) is 7.05 Å². The predicted octanol–water partition coefficient (Wildman–Crippen LogP) is 1.92. The molecule has 0 bridgehead atoms. The molecule has 0 aromatic heterocycles. The predicted molar refractivity (Wildman–Crippen MR) is 95.8 cm³/mol. The molecule has 4 rings (SSSR count). The van der Waals surface area contributed by atoms with E-state index in [1.54, 1.807) is 6.07 Å². The third-order valence-corrected chi connectivity index (χ3v) is 5.56. The van der Waals surface area contributed by atoms with Gasteiger partial charge in [0.15, 0.2) is 12.8 Å². The van der Waals surface area contributed by atoms with Gasteiger partial charge in [-0.1, -0.05) is 0 Å². The third-order valence-electron chi connectivity index (χ3n) is 5.56. The van der Waals surface area contributed by atoms with Crippen molar-refractivity contribution in [3.8, 4) is 5.75 Å². The lowest BCUT2D eigenvalue weighted by Crippen LogP contribution is -2.42. The third kappa shape index (κ3) is 3.50. The molecule has 7 heteroatoms. The van der Waals surface area contributed by atoms with Crippen molar-refractivity contribution in [1.29, 1.82) is 0 Å². The number of hydrogen-bond acceptors (Lipinski definition) is 4. The van der Waals surface area contributed by atoms with Gasteiger partial charge in [-0.25, -0.2) is 4.39 Å². The second-order valence-electron chi connectivity index (χ2n) is 7.36. The van der Waals surface area contributed by atoms with Crippen LogP contribution in [-0.2, 0) is 22.5 Å². The van der Waals surface area contributed by atoms with Gasteiger partial charge in [0.25, 0.3) is 0 Å². The number of hydrogen-bond donors (Lipinski definition) is 1. The van der Waals surface area contributed by atoms with Crippen molar-refractivity contribution in [2.45, 2.75) is 25.9 Å². The van der Waals surface area contributed by atoms with E-state index in [9.17, 15) is 4.39 Å². The highest BCUT2D eigenvalue weighted by atomic mass is 19.1. The first-order valence-corrected chi connectivity index (χ1v) is 9.24. The number of guanidine groups is 1. The van der Waals surface area contributed by atoms with Crippen LogP contribution in [0, 0.1) is 11.2 Å². The Morgan fingerprint density at radius 1 is 1.35 bits per heavy atom. The highest BCUT2D eigenvalue weighted by Gasteiger charge is 2.42. The van der Waals surface area contributed by atoms with E-state index in [4.69, 9.17) is 14.2 Å². The summed E-state index contributed by atoms with van der Waals surface area (Å²) in [6.07, 6.45) is 2.95. The topological polar surface area (TPSA) is 55.3 Å². The van der Waals surface area contributed by atoms with Gasteiger partial charge in [-0.3, -0.25) is 4.99 Å². The quantitative estimate of drug-likeness (QED) is 0.657. The molecule has 142 valence electrons. The van der Waals surface area contributed by atoms with Crippen molar-refractivity contribution in [2.24, 2.45) is 10.4 Å². The molecule has 26 heavy (non-hydrogen) atoms. The summed E-state index contributed by atoms with van der Waals surface area (Å²) in [6.45, 7) is 5.00. The van der Waals surface area contributed by atoms with Crippen LogP contribution in [0.15, 0.2) is 17.1 Å². The lowest BCUT2D eigenvalue weighted by atomic mass is 9.87. The maximum absolute atomic E-state index is 13.8. The Kier molecular flexibility index (Phi) is 5.00. The van der Waals surface area contributed by atoms with E-state index >= 15 is 0 Å². The lowest BCUT2D eigenvalue weighted by molar-refractivity contribution is -0.0172. The highest BCUT2D eigenvalue weighted by Crippen LogP contribution is 2.38. The van der Waals surface area contributed by atoms with Crippen LogP contribution in [0.25, 0.3) is 0 Å². The zero-order valence-corrected chi connectivity index (χ0v) is 15.2. The average molecular weight is 363 g/mol. The van der Waals surface area contributed by atoms with Crippen molar-refractivity contribution in [3.63, 3.8) is 0 Å². The Balaban J connectivity index is 1.36. The Morgan fingerprint density at radius 2 is 2.27 bits per heavy atom. The molecule has 0 amide bonds. The summed E-state index contributed by atoms with van der Waals surface area (Å²) >= 11 is 0. The molecule has 3 aliphatic rings. The van der Waals surface area contributed by atoms with Crippen molar-refractivity contribution in [1.82, 2.24) is 10.2 Å². The number of halogens is 1. The number of aliphatic imine (C=N–C) groups is 1. The van der Waals surface area contributed by atoms with Crippen molar-refractivity contribution < 1.29 is 18.6 Å². The van der Waals surface area contributed by atoms with E-state index in [2.05, 4.69) is 15.2 Å². The zero-order valence-electron chi connectivity index (χ0n) is 15.2. The normalized spacial score (nSPS) is 25.5. The summed E-state index contributed by atoms with van der Waals surface area (Å²) in [7, 11) is 1.81. The fourth-order valence-electron chi connectivity index (χ4n) is 4.17. The first-order valence-electron chi connectivity index (χ1n) is 9.24. The molecular weight excluding hydrogens is 337 g/mol. The van der Waals surface area contributed by atoms with Crippen LogP contribution in [0.5, 0.6) is 5.75 Å². The van der Waals surface area contributed by atoms with E-state index < -0.39 is 0 Å². The Bertz CT molecular complexity index is 689. The van der Waals surface area contributed by atoms with Gasteiger partial charge in [0.1, 0.15) is 11.6 Å². The van der Waals surface area contributed by atoms with Gasteiger partial charge in [0, 0.05) is 44.3 Å². The molecule has 2 saturated heterocycles. The SMILES string of the molecule is CN=C(NCCc1cc(F)cc2c1OCOC2)N1CCC2(CCOC2)C1. The van der Waals surface area contributed by atoms with Gasteiger partial charge < -0.3 is 24.4 Å². The first kappa shape index (κ1) is 17.5. The fraction of sp³-hybridized carbons (Fsp3) is 0.632. The number of benzene rings is 1. The minimum atomic E-state index is -0.250. The van der Waals surface area contributed by atoms with Gasteiger partial charge in [-0.15, -0.1) is 0 Å². The monoisotopic (exact) mass is 363 g/mol. The molecule has 1 N–H and O–H groups in total. The molecule has 3 heterocycles. The van der Waals surface area contributed by atoms with Gasteiger partial charge in [0.2, 0.25) is 0 Å². The fourth-order valence-corrected chi connectivity index (χ4v) is 4.17. The largest absolute Gasteiger partial charge is 0.467 e. The highest BCUT2D eigenvalue weighted by molar-refractivity contribution is 5.80. The van der Waals surface area contributed by atoms with Gasteiger partial charge in [-0.05, 0) is 37.0 Å². The van der Waals surface area contributed by atoms with Crippen LogP contribution in [0.1, 0.15) is 24.0 Å². The molecule has 1 unspecified atom stereocenters. The molecule has 0 aliphatic carbocycles. The molecule has 3 aliphatic heterocycles. The van der Waals surface area contributed by atoms with Crippen molar-refractivity contribution in [3.05, 3.63) is 29.1 Å². The summed E-state index contributed by atoms with van der Waals surface area (Å²) in [5, 5.41) is 3.42. The lowest BCUT2D eigenvalue weighted by Gasteiger charge is -2.25. The van der Waals surface area contributed by atoms with Gasteiger partial charge in [0.05, 0.1) is 13.2 Å². The van der Waals surface area contributed by atoms with Crippen LogP contribution >= 0.6 is 0 Å². The molecule has 1 spiro atoms. The number of likely N-dealkylation sites (tertiary alicyclic amines) is 1. The van der Waals surface area contributed by atoms with Crippen molar-refractivity contribution >= 4 is 5.96 Å². The number of nitrogens with zero attached hydrogens (tertiary/aromatic N) is 2. The smallest absolute Gasteiger partial charge is 0.193 e. The summed E-state index contributed by atoms with van der Waals surface area (Å²) < 4.78 is 30.3. The second-order valence-corrected chi connectivity index (χ2v) is 7.36. The number of nitrogens with one attached hydrogen (secondary N) is 1. The summed E-state index contributed by atoms with van der Waals surface area (Å²) in [6, 6.07) is 3.03. The number of ether oxygens (including phenoxy) is 3. The standard InChI is InChI=1S/C19H26FN3O3/c1-21-18(23-6-3-19(11-23)4-7-24-12-19)22-5-2-14-8-16(20)9-15-10-25-13-26-17(14)15/h8-9H,2-7,10-13H2,1H3,(H,21,22). The first-order chi connectivity index (χ1) is 12.7. The minimum absolute atomic E-state index is 0.221. The summed E-state index contributed by atoms with van der Waals surface area (Å²) in [5.74, 6) is 1.42. The van der Waals surface area contributed by atoms with Gasteiger partial charge in [-0.2, -0.15) is 0 Å². The summed E-state index contributed by atoms with van der Waals surface area (Å²) in [4.78, 5) is 6.73. The molecule has 2 fully saturated rings. The Hall–Kier alpha value is -1.86. The van der Waals surface area contributed by atoms with E-state index in [0.717, 1.165) is 62.0 Å². The number of rotatable bonds is 3. The van der Waals surface area contributed by atoms with Crippen LogP contribution in [0.3, 0.4) is 0 Å². The molecule has 0 radical (unpaired) electrons. The molecule has 1 aromatic rings. The maximum atomic E-state index is 13.8. The molecule has 6 nitrogen and oxygen atoms in total. The van der Waals surface area contributed by atoms with Crippen LogP contribution in [0.2, 0.25) is 0 Å². The molecular formula is C19H26FN3O3.